The Morgan fingerprint density at radius 1 is 1.21 bits per heavy atom. The second kappa shape index (κ2) is 7.59. The summed E-state index contributed by atoms with van der Waals surface area (Å²) in [6, 6.07) is 12.1. The van der Waals surface area contributed by atoms with E-state index in [4.69, 9.17) is 28.5 Å². The molecule has 0 heterocycles. The molecule has 8 heteroatoms. The smallest absolute Gasteiger partial charge is 0.288 e. The molecule has 0 bridgehead atoms. The first kappa shape index (κ1) is 17.5. The van der Waals surface area contributed by atoms with E-state index in [0.29, 0.717) is 16.3 Å². The summed E-state index contributed by atoms with van der Waals surface area (Å²) in [5.41, 5.74) is 0.268. The third-order valence-electron chi connectivity index (χ3n) is 2.95. The van der Waals surface area contributed by atoms with Gasteiger partial charge >= 0.3 is 0 Å². The van der Waals surface area contributed by atoms with E-state index in [0.717, 1.165) is 0 Å². The molecule has 0 fully saturated rings. The summed E-state index contributed by atoms with van der Waals surface area (Å²) >= 11 is 11.5. The Hall–Kier alpha value is -2.88. The molecule has 1 N–H and O–H groups in total. The number of carbonyl (C=O) groups excluding carboxylic acids is 1. The minimum Gasteiger partial charge on any atom is -0.321 e. The van der Waals surface area contributed by atoms with Gasteiger partial charge in [-0.1, -0.05) is 29.3 Å². The molecule has 0 radical (unpaired) electrons. The van der Waals surface area contributed by atoms with E-state index in [9.17, 15) is 14.9 Å². The first-order valence-corrected chi connectivity index (χ1v) is 7.29. The lowest BCUT2D eigenvalue weighted by atomic mass is 10.1. The van der Waals surface area contributed by atoms with Crippen LogP contribution in [0.4, 0.5) is 11.4 Å². The lowest BCUT2D eigenvalue weighted by molar-refractivity contribution is -0.384. The standard InChI is InChI=1S/C16H9Cl2N3O3/c17-12-2-4-13(5-3-12)20-16(22)11(9-19)7-10-1-6-14(18)15(8-10)21(23)24/h1-8H,(H,20,22)/b11-7+. The zero-order valence-electron chi connectivity index (χ0n) is 12.0. The molecule has 0 aliphatic carbocycles. The summed E-state index contributed by atoms with van der Waals surface area (Å²) in [6.07, 6.45) is 1.24. The highest BCUT2D eigenvalue weighted by molar-refractivity contribution is 6.32. The van der Waals surface area contributed by atoms with Gasteiger partial charge in [0.25, 0.3) is 11.6 Å². The molecule has 2 rings (SSSR count). The Balaban J connectivity index is 2.27. The van der Waals surface area contributed by atoms with Crippen molar-refractivity contribution >= 4 is 46.6 Å². The summed E-state index contributed by atoms with van der Waals surface area (Å²) in [6.45, 7) is 0. The van der Waals surface area contributed by atoms with Crippen molar-refractivity contribution in [2.24, 2.45) is 0 Å². The van der Waals surface area contributed by atoms with Crippen LogP contribution in [-0.2, 0) is 4.79 Å². The van der Waals surface area contributed by atoms with Gasteiger partial charge in [-0.05, 0) is 42.0 Å². The minimum absolute atomic E-state index is 0.0266. The van der Waals surface area contributed by atoms with Gasteiger partial charge < -0.3 is 5.32 Å². The van der Waals surface area contributed by atoms with Crippen LogP contribution in [0.25, 0.3) is 6.08 Å². The number of hydrogen-bond acceptors (Lipinski definition) is 4. The molecular formula is C16H9Cl2N3O3. The molecule has 0 spiro atoms. The van der Waals surface area contributed by atoms with Crippen molar-refractivity contribution < 1.29 is 9.72 Å². The van der Waals surface area contributed by atoms with Crippen LogP contribution in [0.3, 0.4) is 0 Å². The van der Waals surface area contributed by atoms with Crippen LogP contribution in [0, 0.1) is 21.4 Å². The SMILES string of the molecule is N#C/C(=C\c1ccc(Cl)c([N+](=O)[O-])c1)C(=O)Nc1ccc(Cl)cc1. The number of nitrogens with zero attached hydrogens (tertiary/aromatic N) is 2. The maximum atomic E-state index is 12.1. The number of carbonyl (C=O) groups is 1. The summed E-state index contributed by atoms with van der Waals surface area (Å²) < 4.78 is 0. The van der Waals surface area contributed by atoms with Crippen molar-refractivity contribution in [1.29, 1.82) is 5.26 Å². The fourth-order valence-corrected chi connectivity index (χ4v) is 2.12. The lowest BCUT2D eigenvalue weighted by Crippen LogP contribution is -2.13. The van der Waals surface area contributed by atoms with Gasteiger partial charge in [0.2, 0.25) is 0 Å². The molecular weight excluding hydrogens is 353 g/mol. The number of benzene rings is 2. The van der Waals surface area contributed by atoms with Crippen LogP contribution in [-0.4, -0.2) is 10.8 Å². The number of nitriles is 1. The highest BCUT2D eigenvalue weighted by Gasteiger charge is 2.14. The normalized spacial score (nSPS) is 10.8. The van der Waals surface area contributed by atoms with Crippen LogP contribution in [0.15, 0.2) is 48.0 Å². The Bertz CT molecular complexity index is 871. The van der Waals surface area contributed by atoms with Gasteiger partial charge in [-0.25, -0.2) is 0 Å². The van der Waals surface area contributed by atoms with Gasteiger partial charge in [0, 0.05) is 16.8 Å². The van der Waals surface area contributed by atoms with Crippen LogP contribution in [0.5, 0.6) is 0 Å². The number of nitro groups is 1. The molecule has 24 heavy (non-hydrogen) atoms. The minimum atomic E-state index is -0.641. The van der Waals surface area contributed by atoms with E-state index in [2.05, 4.69) is 5.32 Å². The number of hydrogen-bond donors (Lipinski definition) is 1. The van der Waals surface area contributed by atoms with Crippen molar-refractivity contribution in [1.82, 2.24) is 0 Å². The van der Waals surface area contributed by atoms with Crippen LogP contribution >= 0.6 is 23.2 Å². The monoisotopic (exact) mass is 361 g/mol. The average Bonchev–Trinajstić information content (AvgIpc) is 2.55. The summed E-state index contributed by atoms with van der Waals surface area (Å²) in [4.78, 5) is 22.4. The van der Waals surface area contributed by atoms with Crippen molar-refractivity contribution in [2.75, 3.05) is 5.32 Å². The Morgan fingerprint density at radius 3 is 2.46 bits per heavy atom. The van der Waals surface area contributed by atoms with Crippen molar-refractivity contribution in [3.63, 3.8) is 0 Å². The number of rotatable bonds is 4. The van der Waals surface area contributed by atoms with E-state index >= 15 is 0 Å². The maximum Gasteiger partial charge on any atom is 0.288 e. The third kappa shape index (κ3) is 4.32. The third-order valence-corrected chi connectivity index (χ3v) is 3.52. The lowest BCUT2D eigenvalue weighted by Gasteiger charge is -2.04. The number of nitrogens with one attached hydrogen (secondary N) is 1. The molecule has 2 aromatic rings. The van der Waals surface area contributed by atoms with Crippen LogP contribution in [0.2, 0.25) is 10.0 Å². The maximum absolute atomic E-state index is 12.1. The topological polar surface area (TPSA) is 96.0 Å². The van der Waals surface area contributed by atoms with Gasteiger partial charge in [0.05, 0.1) is 4.92 Å². The second-order valence-corrected chi connectivity index (χ2v) is 5.44. The molecule has 6 nitrogen and oxygen atoms in total. The molecule has 0 aliphatic heterocycles. The Morgan fingerprint density at radius 2 is 1.88 bits per heavy atom. The zero-order chi connectivity index (χ0) is 17.7. The quantitative estimate of drug-likeness (QED) is 0.376. The predicted octanol–water partition coefficient (Wildman–Crippen LogP) is 4.45. The van der Waals surface area contributed by atoms with E-state index in [1.807, 2.05) is 0 Å². The number of halogens is 2. The van der Waals surface area contributed by atoms with Gasteiger partial charge in [0.1, 0.15) is 16.7 Å². The highest BCUT2D eigenvalue weighted by Crippen LogP contribution is 2.26. The Kier molecular flexibility index (Phi) is 5.53. The van der Waals surface area contributed by atoms with E-state index < -0.39 is 10.8 Å². The van der Waals surface area contributed by atoms with Crippen LogP contribution in [0.1, 0.15) is 5.56 Å². The Labute approximate surface area is 147 Å². The largest absolute Gasteiger partial charge is 0.321 e. The molecule has 0 unspecified atom stereocenters. The first-order valence-electron chi connectivity index (χ1n) is 6.53. The first-order chi connectivity index (χ1) is 11.4. The molecule has 1 amide bonds. The molecule has 2 aromatic carbocycles. The van der Waals surface area contributed by atoms with Crippen molar-refractivity contribution in [3.05, 3.63) is 73.8 Å². The number of amides is 1. The molecule has 0 aromatic heterocycles. The zero-order valence-corrected chi connectivity index (χ0v) is 13.5. The highest BCUT2D eigenvalue weighted by atomic mass is 35.5. The molecule has 0 aliphatic rings. The summed E-state index contributed by atoms with van der Waals surface area (Å²) in [7, 11) is 0. The molecule has 0 atom stereocenters. The fourth-order valence-electron chi connectivity index (χ4n) is 1.81. The van der Waals surface area contributed by atoms with Gasteiger partial charge in [-0.3, -0.25) is 14.9 Å². The van der Waals surface area contributed by atoms with Crippen molar-refractivity contribution in [3.8, 4) is 6.07 Å². The van der Waals surface area contributed by atoms with Gasteiger partial charge in [0.15, 0.2) is 0 Å². The molecule has 0 saturated carbocycles. The van der Waals surface area contributed by atoms with Gasteiger partial charge in [-0.15, -0.1) is 0 Å². The second-order valence-electron chi connectivity index (χ2n) is 4.60. The summed E-state index contributed by atoms with van der Waals surface area (Å²) in [5, 5.41) is 23.1. The summed E-state index contributed by atoms with van der Waals surface area (Å²) in [5.74, 6) is -0.641. The van der Waals surface area contributed by atoms with E-state index in [1.54, 1.807) is 30.3 Å². The number of nitro benzene ring substituents is 1. The molecule has 120 valence electrons. The predicted molar refractivity (Wildman–Crippen MR) is 91.8 cm³/mol. The van der Waals surface area contributed by atoms with Crippen molar-refractivity contribution in [2.45, 2.75) is 0 Å². The average molecular weight is 362 g/mol. The van der Waals surface area contributed by atoms with E-state index in [-0.39, 0.29) is 16.3 Å². The fraction of sp³-hybridized carbons (Fsp3) is 0. The van der Waals surface area contributed by atoms with E-state index in [1.165, 1.54) is 24.3 Å². The van der Waals surface area contributed by atoms with Crippen LogP contribution < -0.4 is 5.32 Å². The molecule has 0 saturated heterocycles. The number of anilines is 1. The van der Waals surface area contributed by atoms with Gasteiger partial charge in [-0.2, -0.15) is 5.26 Å².